The number of rotatable bonds is 55. The third kappa shape index (κ3) is 60.4. The molecular weight excluding hydrogens is 937 g/mol. The zero-order chi connectivity index (χ0) is 55.0. The Labute approximate surface area is 468 Å². The predicted molar refractivity (Wildman–Crippen MR) is 329 cm³/mol. The summed E-state index contributed by atoms with van der Waals surface area (Å²) in [5.74, 6) is -0.938. The molecule has 0 amide bonds. The zero-order valence-corrected chi connectivity index (χ0v) is 49.2. The fourth-order valence-electron chi connectivity index (χ4n) is 8.30. The van der Waals surface area contributed by atoms with E-state index in [9.17, 15) is 14.4 Å². The molecule has 0 radical (unpaired) electrons. The largest absolute Gasteiger partial charge is 0.462 e. The Bertz CT molecular complexity index is 1630. The Hall–Kier alpha value is -4.45. The molecule has 1 atom stereocenters. The van der Waals surface area contributed by atoms with E-state index in [2.05, 4.69) is 154 Å². The van der Waals surface area contributed by atoms with Gasteiger partial charge in [0.25, 0.3) is 0 Å². The van der Waals surface area contributed by atoms with Gasteiger partial charge in [0, 0.05) is 19.3 Å². The van der Waals surface area contributed by atoms with Gasteiger partial charge in [0.1, 0.15) is 13.2 Å². The molecule has 0 saturated carbocycles. The van der Waals surface area contributed by atoms with Crippen molar-refractivity contribution in [1.82, 2.24) is 0 Å². The van der Waals surface area contributed by atoms with Crippen LogP contribution in [-0.2, 0) is 28.6 Å². The van der Waals surface area contributed by atoms with Crippen molar-refractivity contribution in [3.8, 4) is 0 Å². The van der Waals surface area contributed by atoms with Crippen LogP contribution in [0.15, 0.2) is 134 Å². The van der Waals surface area contributed by atoms with Crippen LogP contribution in [0.4, 0.5) is 0 Å². The van der Waals surface area contributed by atoms with Crippen molar-refractivity contribution in [2.75, 3.05) is 13.2 Å². The molecule has 430 valence electrons. The number of esters is 3. The summed E-state index contributed by atoms with van der Waals surface area (Å²) in [5, 5.41) is 0. The van der Waals surface area contributed by atoms with E-state index in [4.69, 9.17) is 14.2 Å². The highest BCUT2D eigenvalue weighted by Gasteiger charge is 2.19. The minimum Gasteiger partial charge on any atom is -0.462 e. The maximum atomic E-state index is 12.9. The van der Waals surface area contributed by atoms with Crippen LogP contribution in [0.1, 0.15) is 271 Å². The molecule has 0 aromatic carbocycles. The molecule has 0 spiro atoms. The summed E-state index contributed by atoms with van der Waals surface area (Å²) < 4.78 is 16.8. The van der Waals surface area contributed by atoms with Gasteiger partial charge in [-0.1, -0.05) is 270 Å². The van der Waals surface area contributed by atoms with Gasteiger partial charge in [0.05, 0.1) is 0 Å². The lowest BCUT2D eigenvalue weighted by atomic mass is 10.0. The molecule has 0 aliphatic carbocycles. The summed E-state index contributed by atoms with van der Waals surface area (Å²) in [4.78, 5) is 38.2. The topological polar surface area (TPSA) is 78.9 Å². The molecule has 0 aromatic heterocycles. The quantitative estimate of drug-likeness (QED) is 0.0261. The molecular formula is C70H114O6. The second kappa shape index (κ2) is 63.1. The summed E-state index contributed by atoms with van der Waals surface area (Å²) in [5.41, 5.74) is 0. The highest BCUT2D eigenvalue weighted by molar-refractivity contribution is 5.71. The molecule has 0 aliphatic heterocycles. The van der Waals surface area contributed by atoms with Crippen LogP contribution in [0.3, 0.4) is 0 Å². The molecule has 0 aromatic rings. The van der Waals surface area contributed by atoms with Gasteiger partial charge < -0.3 is 14.2 Å². The van der Waals surface area contributed by atoms with Crippen LogP contribution in [0, 0.1) is 0 Å². The Morgan fingerprint density at radius 3 is 0.816 bits per heavy atom. The van der Waals surface area contributed by atoms with Gasteiger partial charge in [-0.2, -0.15) is 0 Å². The van der Waals surface area contributed by atoms with Crippen molar-refractivity contribution >= 4 is 17.9 Å². The van der Waals surface area contributed by atoms with Crippen molar-refractivity contribution < 1.29 is 28.6 Å². The minimum atomic E-state index is -0.799. The van der Waals surface area contributed by atoms with Gasteiger partial charge in [-0.15, -0.1) is 0 Å². The fourth-order valence-corrected chi connectivity index (χ4v) is 8.30. The first-order chi connectivity index (χ1) is 37.5. The first-order valence-corrected chi connectivity index (χ1v) is 31.2. The monoisotopic (exact) mass is 1050 g/mol. The van der Waals surface area contributed by atoms with E-state index in [1.807, 2.05) is 0 Å². The smallest absolute Gasteiger partial charge is 0.306 e. The molecule has 0 rings (SSSR count). The molecule has 0 saturated heterocycles. The van der Waals surface area contributed by atoms with Crippen LogP contribution in [0.5, 0.6) is 0 Å². The van der Waals surface area contributed by atoms with Crippen LogP contribution < -0.4 is 0 Å². The van der Waals surface area contributed by atoms with Crippen LogP contribution in [-0.4, -0.2) is 37.2 Å². The van der Waals surface area contributed by atoms with Gasteiger partial charge >= 0.3 is 17.9 Å². The summed E-state index contributed by atoms with van der Waals surface area (Å²) in [6, 6.07) is 0. The highest BCUT2D eigenvalue weighted by Crippen LogP contribution is 2.15. The molecule has 0 N–H and O–H groups in total. The van der Waals surface area contributed by atoms with E-state index in [1.165, 1.54) is 83.5 Å². The molecule has 76 heavy (non-hydrogen) atoms. The molecule has 0 bridgehead atoms. The number of ether oxygens (including phenoxy) is 3. The summed E-state index contributed by atoms with van der Waals surface area (Å²) in [6.45, 7) is 6.38. The first-order valence-electron chi connectivity index (χ1n) is 31.2. The van der Waals surface area contributed by atoms with Crippen molar-refractivity contribution in [3.63, 3.8) is 0 Å². The Kier molecular flexibility index (Phi) is 59.4. The molecule has 0 heterocycles. The van der Waals surface area contributed by atoms with E-state index >= 15 is 0 Å². The average molecular weight is 1050 g/mol. The fraction of sp³-hybridized carbons (Fsp3) is 0.643. The van der Waals surface area contributed by atoms with E-state index in [1.54, 1.807) is 0 Å². The van der Waals surface area contributed by atoms with Gasteiger partial charge in [0.2, 0.25) is 0 Å². The molecule has 0 fully saturated rings. The molecule has 6 heteroatoms. The molecule has 1 unspecified atom stereocenters. The number of allylic oxidation sites excluding steroid dienone is 22. The van der Waals surface area contributed by atoms with E-state index in [-0.39, 0.29) is 31.1 Å². The second-order valence-corrected chi connectivity index (χ2v) is 20.2. The number of hydrogen-bond acceptors (Lipinski definition) is 6. The van der Waals surface area contributed by atoms with Gasteiger partial charge in [-0.25, -0.2) is 0 Å². The standard InChI is InChI=1S/C70H114O6/c1-4-7-10-13-16-19-22-25-27-28-29-30-31-32-33-34-35-36-37-38-39-40-41-42-43-46-48-51-54-57-60-63-69(72)75-66-67(65-74-68(71)62-59-56-53-50-47-44-24-21-18-15-12-9-6-3)76-70(73)64-61-58-55-52-49-45-26-23-20-17-14-11-8-5-2/h7,9-10,12,16,18-19,21,25,27,29-30,32-33,35-36,38-39,41-42,44,47,67H,4-6,8,11,13-15,17,20,22-24,26,28,31,34,37,40,43,45-46,48-66H2,1-3H3/b10-7-,12-9-,19-16-,21-18-,27-25-,30-29-,33-32-,36-35-,39-38-,42-41-,47-44-. The third-order valence-corrected chi connectivity index (χ3v) is 12.9. The maximum Gasteiger partial charge on any atom is 0.306 e. The van der Waals surface area contributed by atoms with Crippen LogP contribution in [0.2, 0.25) is 0 Å². The van der Waals surface area contributed by atoms with Crippen LogP contribution >= 0.6 is 0 Å². The number of unbranched alkanes of at least 4 members (excludes halogenated alkanes) is 22. The van der Waals surface area contributed by atoms with Crippen molar-refractivity contribution in [1.29, 1.82) is 0 Å². The summed E-state index contributed by atoms with van der Waals surface area (Å²) in [6.07, 6.45) is 88.9. The van der Waals surface area contributed by atoms with E-state index in [0.717, 1.165) is 148 Å². The first kappa shape index (κ1) is 71.5. The second-order valence-electron chi connectivity index (χ2n) is 20.2. The molecule has 0 aliphatic rings. The lowest BCUT2D eigenvalue weighted by Crippen LogP contribution is -2.30. The number of carbonyl (C=O) groups excluding carboxylic acids is 3. The van der Waals surface area contributed by atoms with Crippen molar-refractivity contribution in [2.24, 2.45) is 0 Å². The summed E-state index contributed by atoms with van der Waals surface area (Å²) in [7, 11) is 0. The van der Waals surface area contributed by atoms with Gasteiger partial charge in [0.15, 0.2) is 6.10 Å². The minimum absolute atomic E-state index is 0.0969. The highest BCUT2D eigenvalue weighted by atomic mass is 16.6. The third-order valence-electron chi connectivity index (χ3n) is 12.9. The zero-order valence-electron chi connectivity index (χ0n) is 49.2. The Morgan fingerprint density at radius 1 is 0.276 bits per heavy atom. The maximum absolute atomic E-state index is 12.9. The lowest BCUT2D eigenvalue weighted by molar-refractivity contribution is -0.167. The van der Waals surface area contributed by atoms with E-state index in [0.29, 0.717) is 19.3 Å². The number of hydrogen-bond donors (Lipinski definition) is 0. The van der Waals surface area contributed by atoms with Crippen molar-refractivity contribution in [2.45, 2.75) is 277 Å². The van der Waals surface area contributed by atoms with E-state index < -0.39 is 6.10 Å². The SMILES string of the molecule is CC/C=C\C/C=C\C/C=C\C/C=C\C/C=C\C/C=C\C/C=C\C/C=C\CCCCCCCCC(=O)OCC(COC(=O)CCCCC/C=C\C/C=C\C/C=C\CC)OC(=O)CCCCCCCCCCCCCCCC. The molecule has 6 nitrogen and oxygen atoms in total. The van der Waals surface area contributed by atoms with Crippen LogP contribution in [0.25, 0.3) is 0 Å². The predicted octanol–water partition coefficient (Wildman–Crippen LogP) is 21.4. The lowest BCUT2D eigenvalue weighted by Gasteiger charge is -2.18. The Morgan fingerprint density at radius 2 is 0.513 bits per heavy atom. The van der Waals surface area contributed by atoms with Gasteiger partial charge in [-0.3, -0.25) is 14.4 Å². The average Bonchev–Trinajstić information content (AvgIpc) is 3.42. The summed E-state index contributed by atoms with van der Waals surface area (Å²) >= 11 is 0. The normalized spacial score (nSPS) is 13.0. The van der Waals surface area contributed by atoms with Gasteiger partial charge in [-0.05, 0) is 116 Å². The number of carbonyl (C=O) groups is 3. The Balaban J connectivity index is 4.32. The van der Waals surface area contributed by atoms with Crippen molar-refractivity contribution in [3.05, 3.63) is 134 Å².